The predicted octanol–water partition coefficient (Wildman–Crippen LogP) is 0.104. The van der Waals surface area contributed by atoms with Gasteiger partial charge in [0.25, 0.3) is 0 Å². The van der Waals surface area contributed by atoms with Gasteiger partial charge in [-0.15, -0.1) is 0 Å². The van der Waals surface area contributed by atoms with Crippen molar-refractivity contribution in [3.63, 3.8) is 0 Å². The molecule has 0 radical (unpaired) electrons. The molecule has 0 rings (SSSR count). The number of thiol groups is 1. The number of hydrogen-bond acceptors (Lipinski definition) is 2. The van der Waals surface area contributed by atoms with Gasteiger partial charge in [0, 0.05) is 0 Å². The van der Waals surface area contributed by atoms with Crippen LogP contribution in [0.15, 0.2) is 0 Å². The van der Waals surface area contributed by atoms with Gasteiger partial charge in [-0.05, 0) is 0 Å². The van der Waals surface area contributed by atoms with E-state index in [0.717, 1.165) is 0 Å². The van der Waals surface area contributed by atoms with E-state index in [9.17, 15) is 30.4 Å². The molecule has 0 saturated heterocycles. The molecule has 0 aliphatic heterocycles. The summed E-state index contributed by atoms with van der Waals surface area (Å²) in [5.41, 5.74) is 0. The maximum absolute atomic E-state index is 11.3. The van der Waals surface area contributed by atoms with Gasteiger partial charge in [-0.2, -0.15) is 22.0 Å². The average molecular weight is 224 g/mol. The molecule has 0 bridgehead atoms. The molecule has 0 N–H and O–H groups in total. The third-order valence-electron chi connectivity index (χ3n) is 0.570. The van der Waals surface area contributed by atoms with E-state index in [0.29, 0.717) is 0 Å². The predicted molar refractivity (Wildman–Crippen MR) is 28.5 cm³/mol. The van der Waals surface area contributed by atoms with Gasteiger partial charge in [-0.25, -0.2) is 8.42 Å². The van der Waals surface area contributed by atoms with Crippen molar-refractivity contribution in [2.45, 2.75) is 11.4 Å². The zero-order valence-electron chi connectivity index (χ0n) is 4.15. The van der Waals surface area contributed by atoms with Gasteiger partial charge in [0.15, 0.2) is 0 Å². The second kappa shape index (κ2) is 4.47. The third kappa shape index (κ3) is 3.64. The van der Waals surface area contributed by atoms with Crippen LogP contribution in [0.4, 0.5) is 22.0 Å². The molecule has 64 valence electrons. The van der Waals surface area contributed by atoms with Crippen molar-refractivity contribution in [1.29, 1.82) is 0 Å². The molecular formula is C2H2F5KO2S. The summed E-state index contributed by atoms with van der Waals surface area (Å²) in [6.07, 6.45) is -6.01. The molecule has 11 heavy (non-hydrogen) atoms. The quantitative estimate of drug-likeness (QED) is 0.389. The Hall–Kier alpha value is 1.24. The first kappa shape index (κ1) is 14.7. The molecule has 0 aromatic heterocycles. The van der Waals surface area contributed by atoms with E-state index in [1.807, 2.05) is 0 Å². The van der Waals surface area contributed by atoms with Crippen LogP contribution in [-0.2, 0) is 10.7 Å². The first-order chi connectivity index (χ1) is 4.19. The minimum atomic E-state index is -6.01. The van der Waals surface area contributed by atoms with Crippen LogP contribution in [0, 0.1) is 0 Å². The summed E-state index contributed by atoms with van der Waals surface area (Å²) in [5, 5.41) is -5.61. The van der Waals surface area contributed by atoms with Crippen LogP contribution in [0.25, 0.3) is 0 Å². The molecule has 0 unspecified atom stereocenters. The summed E-state index contributed by atoms with van der Waals surface area (Å²) in [6, 6.07) is 0. The molecule has 0 aromatic carbocycles. The third-order valence-corrected chi connectivity index (χ3v) is 1.28. The molecule has 0 fully saturated rings. The summed E-state index contributed by atoms with van der Waals surface area (Å²) in [5.74, 6) is 0. The Balaban J connectivity index is 0. The van der Waals surface area contributed by atoms with Gasteiger partial charge in [-0.1, -0.05) is 0 Å². The van der Waals surface area contributed by atoms with Crippen molar-refractivity contribution in [2.75, 3.05) is 0 Å². The van der Waals surface area contributed by atoms with E-state index < -0.39 is 22.1 Å². The molecule has 9 heteroatoms. The van der Waals surface area contributed by atoms with Crippen LogP contribution in [0.3, 0.4) is 0 Å². The van der Waals surface area contributed by atoms with Crippen LogP contribution in [0.1, 0.15) is 0 Å². The monoisotopic (exact) mass is 224 g/mol. The Morgan fingerprint density at radius 1 is 0.909 bits per heavy atom. The summed E-state index contributed by atoms with van der Waals surface area (Å²) >= 11 is 0. The van der Waals surface area contributed by atoms with Crippen molar-refractivity contribution < 1.29 is 30.4 Å². The van der Waals surface area contributed by atoms with Crippen LogP contribution in [0.2, 0.25) is 0 Å². The fourth-order valence-electron chi connectivity index (χ4n) is 0.104. The van der Waals surface area contributed by atoms with Crippen LogP contribution < -0.4 is 0 Å². The topological polar surface area (TPSA) is 34.1 Å². The molecular weight excluding hydrogens is 222 g/mol. The van der Waals surface area contributed by atoms with Crippen molar-refractivity contribution in [3.05, 3.63) is 0 Å². The van der Waals surface area contributed by atoms with E-state index in [1.54, 1.807) is 0 Å². The maximum atomic E-state index is 11.3. The van der Waals surface area contributed by atoms with Crippen molar-refractivity contribution in [1.82, 2.24) is 0 Å². The SMILES string of the molecule is O=[SH](=O)C(F)(F)C(F)(F)F.[KH]. The second-order valence-electron chi connectivity index (χ2n) is 1.30. The second-order valence-corrected chi connectivity index (χ2v) is 2.37. The molecule has 0 spiro atoms. The Labute approximate surface area is 103 Å². The van der Waals surface area contributed by atoms with E-state index in [-0.39, 0.29) is 51.4 Å². The van der Waals surface area contributed by atoms with Gasteiger partial charge in [0.05, 0.1) is 0 Å². The summed E-state index contributed by atoms with van der Waals surface area (Å²) in [7, 11) is -4.79. The molecule has 0 heterocycles. The summed E-state index contributed by atoms with van der Waals surface area (Å²) < 4.78 is 74.0. The average Bonchev–Trinajstić information content (AvgIpc) is 1.62. The Morgan fingerprint density at radius 2 is 1.18 bits per heavy atom. The molecule has 0 aliphatic carbocycles. The standard InChI is InChI=1S/C2HF5O2S.K.H/c3-1(4,5)2(6,7)10(8)9;;/h10H;;. The first-order valence-electron chi connectivity index (χ1n) is 1.78. The fourth-order valence-corrected chi connectivity index (χ4v) is 0.311. The van der Waals surface area contributed by atoms with Crippen LogP contribution in [-0.4, -0.2) is 71.2 Å². The zero-order chi connectivity index (χ0) is 8.58. The van der Waals surface area contributed by atoms with Gasteiger partial charge in [0.1, 0.15) is 0 Å². The van der Waals surface area contributed by atoms with Gasteiger partial charge < -0.3 is 0 Å². The molecule has 2 nitrogen and oxygen atoms in total. The zero-order valence-corrected chi connectivity index (χ0v) is 5.05. The van der Waals surface area contributed by atoms with Crippen molar-refractivity contribution >= 4 is 62.1 Å². The van der Waals surface area contributed by atoms with Crippen LogP contribution in [0.5, 0.6) is 0 Å². The number of hydrogen-bond donors (Lipinski definition) is 1. The van der Waals surface area contributed by atoms with E-state index in [1.165, 1.54) is 0 Å². The summed E-state index contributed by atoms with van der Waals surface area (Å²) in [6.45, 7) is 0. The Morgan fingerprint density at radius 3 is 1.18 bits per heavy atom. The van der Waals surface area contributed by atoms with E-state index >= 15 is 0 Å². The minimum absolute atomic E-state index is 0. The molecule has 0 atom stereocenters. The van der Waals surface area contributed by atoms with Crippen LogP contribution >= 0.6 is 0 Å². The normalized spacial score (nSPS) is 12.9. The molecule has 0 amide bonds. The molecule has 0 aliphatic rings. The Kier molecular flexibility index (Phi) is 5.99. The number of alkyl halides is 5. The fraction of sp³-hybridized carbons (Fsp3) is 1.00. The summed E-state index contributed by atoms with van der Waals surface area (Å²) in [4.78, 5) is 0. The molecule has 0 aromatic rings. The number of halogens is 5. The van der Waals surface area contributed by atoms with Gasteiger partial charge in [0.2, 0.25) is 10.7 Å². The van der Waals surface area contributed by atoms with Gasteiger partial charge in [-0.3, -0.25) is 0 Å². The number of rotatable bonds is 1. The van der Waals surface area contributed by atoms with Crippen molar-refractivity contribution in [2.24, 2.45) is 0 Å². The van der Waals surface area contributed by atoms with Crippen molar-refractivity contribution in [3.8, 4) is 0 Å². The van der Waals surface area contributed by atoms with E-state index in [4.69, 9.17) is 0 Å². The van der Waals surface area contributed by atoms with E-state index in [2.05, 4.69) is 0 Å². The Bertz CT molecular complexity index is 187. The van der Waals surface area contributed by atoms with Gasteiger partial charge >= 0.3 is 62.8 Å². The first-order valence-corrected chi connectivity index (χ1v) is 2.96. The molecule has 0 saturated carbocycles.